The van der Waals surface area contributed by atoms with E-state index in [9.17, 15) is 4.48 Å². The quantitative estimate of drug-likeness (QED) is 0.644. The summed E-state index contributed by atoms with van der Waals surface area (Å²) in [7, 11) is 0. The van der Waals surface area contributed by atoms with Crippen molar-refractivity contribution in [2.24, 2.45) is 0 Å². The zero-order chi connectivity index (χ0) is 11.8. The first-order valence-electron chi connectivity index (χ1n) is 5.45. The summed E-state index contributed by atoms with van der Waals surface area (Å²) in [6, 6.07) is 11.1. The van der Waals surface area contributed by atoms with Gasteiger partial charge in [0, 0.05) is 23.3 Å². The molecule has 0 atom stereocenters. The number of aryl methyl sites for hydroxylation is 1. The molecule has 2 nitrogen and oxygen atoms in total. The number of hydrogen-bond acceptors (Lipinski definition) is 1. The summed E-state index contributed by atoms with van der Waals surface area (Å²) in [5.74, 6) is 0. The normalized spacial score (nSPS) is 10.3. The molecule has 0 bridgehead atoms. The number of hydrogen-bond donors (Lipinski definition) is 0. The molecule has 0 N–H and O–H groups in total. The van der Waals surface area contributed by atoms with Gasteiger partial charge in [-0.2, -0.15) is 4.79 Å². The van der Waals surface area contributed by atoms with Crippen molar-refractivity contribution in [1.29, 1.82) is 0 Å². The van der Waals surface area contributed by atoms with Crippen molar-refractivity contribution >= 4 is 23.3 Å². The Morgan fingerprint density at radius 2 is 1.89 bits per heavy atom. The first kappa shape index (κ1) is 12.6. The Hall–Kier alpha value is -1.87. The van der Waals surface area contributed by atoms with Crippen LogP contribution in [-0.2, 0) is 0 Å². The average Bonchev–Trinajstić information content (AvgIpc) is 2.64. The van der Waals surface area contributed by atoms with E-state index >= 15 is 0 Å². The van der Waals surface area contributed by atoms with Gasteiger partial charge in [0.1, 0.15) is 0 Å². The van der Waals surface area contributed by atoms with Crippen molar-refractivity contribution in [1.82, 2.24) is 9.77 Å². The molecule has 3 rings (SSSR count). The fraction of sp³-hybridized carbons (Fsp3) is 0.0714. The van der Waals surface area contributed by atoms with Crippen LogP contribution in [0.2, 0.25) is 0 Å². The molecular weight excluding hydrogens is 251 g/mol. The second-order valence-corrected chi connectivity index (χ2v) is 4.01. The molecule has 0 aliphatic heterocycles. The second kappa shape index (κ2) is 4.78. The lowest BCUT2D eigenvalue weighted by Gasteiger charge is -2.01. The Morgan fingerprint density at radius 3 is 2.56 bits per heavy atom. The molecule has 0 saturated carbocycles. The molecule has 2 heterocycles. The Labute approximate surface area is 110 Å². The molecule has 0 fully saturated rings. The molecule has 0 radical (unpaired) electrons. The van der Waals surface area contributed by atoms with Crippen LogP contribution in [-0.4, -0.2) is 9.77 Å². The van der Waals surface area contributed by atoms with Crippen LogP contribution in [0.4, 0.5) is 4.48 Å². The van der Waals surface area contributed by atoms with Crippen molar-refractivity contribution in [2.45, 2.75) is 6.92 Å². The van der Waals surface area contributed by atoms with E-state index in [2.05, 4.69) is 4.98 Å². The minimum atomic E-state index is 0. The monoisotopic (exact) mass is 262 g/mol. The van der Waals surface area contributed by atoms with Gasteiger partial charge in [0.25, 0.3) is 0 Å². The van der Waals surface area contributed by atoms with Crippen molar-refractivity contribution < 1.29 is 4.48 Å². The maximum absolute atomic E-state index is 14.3. The van der Waals surface area contributed by atoms with Gasteiger partial charge >= 0.3 is 0 Å². The SMILES string of the molecule is Cc1c(-c2cccnc2)n(F)c2ccccc12.Cl. The summed E-state index contributed by atoms with van der Waals surface area (Å²) in [4.78, 5) is 4.77. The number of rotatable bonds is 1. The van der Waals surface area contributed by atoms with Crippen molar-refractivity contribution in [3.8, 4) is 11.3 Å². The topological polar surface area (TPSA) is 17.8 Å². The van der Waals surface area contributed by atoms with E-state index in [1.54, 1.807) is 18.5 Å². The molecule has 0 aliphatic rings. The van der Waals surface area contributed by atoms with Crippen LogP contribution in [0.5, 0.6) is 0 Å². The van der Waals surface area contributed by atoms with E-state index in [0.29, 0.717) is 11.2 Å². The number of para-hydroxylation sites is 1. The van der Waals surface area contributed by atoms with Gasteiger partial charge in [-0.15, -0.1) is 12.4 Å². The highest BCUT2D eigenvalue weighted by Crippen LogP contribution is 2.32. The Balaban J connectivity index is 0.00000120. The minimum absolute atomic E-state index is 0. The highest BCUT2D eigenvalue weighted by atomic mass is 35.5. The molecule has 0 spiro atoms. The molecule has 0 unspecified atom stereocenters. The van der Waals surface area contributed by atoms with Crippen LogP contribution in [0.3, 0.4) is 0 Å². The third-order valence-corrected chi connectivity index (χ3v) is 3.01. The Kier molecular flexibility index (Phi) is 3.34. The number of aromatic nitrogens is 2. The predicted octanol–water partition coefficient (Wildman–Crippen LogP) is 4.17. The van der Waals surface area contributed by atoms with Crippen LogP contribution in [0.15, 0.2) is 48.8 Å². The van der Waals surface area contributed by atoms with Gasteiger partial charge in [-0.3, -0.25) is 4.98 Å². The number of halogens is 2. The lowest BCUT2D eigenvalue weighted by atomic mass is 10.1. The summed E-state index contributed by atoms with van der Waals surface area (Å²) < 4.78 is 14.3. The first-order chi connectivity index (χ1) is 8.29. The van der Waals surface area contributed by atoms with E-state index in [1.807, 2.05) is 37.3 Å². The van der Waals surface area contributed by atoms with Crippen LogP contribution in [0, 0.1) is 6.92 Å². The van der Waals surface area contributed by atoms with Crippen molar-refractivity contribution in [3.05, 3.63) is 54.4 Å². The molecule has 4 heteroatoms. The molecule has 2 aromatic heterocycles. The third-order valence-electron chi connectivity index (χ3n) is 3.01. The zero-order valence-corrected chi connectivity index (χ0v) is 10.6. The fourth-order valence-corrected chi connectivity index (χ4v) is 2.19. The summed E-state index contributed by atoms with van der Waals surface area (Å²) in [5, 5.41) is 0.939. The van der Waals surface area contributed by atoms with E-state index < -0.39 is 0 Å². The Bertz CT molecular complexity index is 638. The van der Waals surface area contributed by atoms with E-state index in [4.69, 9.17) is 0 Å². The number of fused-ring (bicyclic) bond motifs is 1. The van der Waals surface area contributed by atoms with E-state index in [0.717, 1.165) is 21.3 Å². The lowest BCUT2D eigenvalue weighted by Crippen LogP contribution is -1.88. The molecule has 0 amide bonds. The van der Waals surface area contributed by atoms with Gasteiger partial charge in [0.05, 0.1) is 11.2 Å². The van der Waals surface area contributed by atoms with Crippen LogP contribution < -0.4 is 0 Å². The summed E-state index contributed by atoms with van der Waals surface area (Å²) in [5.41, 5.74) is 2.92. The number of pyridine rings is 1. The molecule has 18 heavy (non-hydrogen) atoms. The standard InChI is InChI=1S/C14H11FN2.ClH/c1-10-12-6-2-3-7-13(12)17(15)14(10)11-5-4-8-16-9-11;/h2-9H,1H3;1H. The summed E-state index contributed by atoms with van der Waals surface area (Å²) in [6.07, 6.45) is 3.36. The molecule has 0 saturated heterocycles. The molecular formula is C14H12ClFN2. The zero-order valence-electron chi connectivity index (χ0n) is 9.80. The largest absolute Gasteiger partial charge is 0.264 e. The van der Waals surface area contributed by atoms with E-state index in [-0.39, 0.29) is 12.4 Å². The van der Waals surface area contributed by atoms with Crippen LogP contribution in [0.1, 0.15) is 5.56 Å². The number of benzene rings is 1. The van der Waals surface area contributed by atoms with E-state index in [1.165, 1.54) is 0 Å². The summed E-state index contributed by atoms with van der Waals surface area (Å²) in [6.45, 7) is 1.93. The van der Waals surface area contributed by atoms with Gasteiger partial charge in [-0.05, 0) is 30.7 Å². The second-order valence-electron chi connectivity index (χ2n) is 4.01. The molecule has 1 aromatic carbocycles. The smallest absolute Gasteiger partial charge is 0.0870 e. The minimum Gasteiger partial charge on any atom is -0.264 e. The average molecular weight is 263 g/mol. The van der Waals surface area contributed by atoms with Crippen LogP contribution >= 0.6 is 12.4 Å². The van der Waals surface area contributed by atoms with Gasteiger partial charge in [-0.25, -0.2) is 0 Å². The predicted molar refractivity (Wildman–Crippen MR) is 73.7 cm³/mol. The molecule has 0 aliphatic carbocycles. The van der Waals surface area contributed by atoms with Crippen molar-refractivity contribution in [2.75, 3.05) is 0 Å². The molecule has 3 aromatic rings. The first-order valence-corrected chi connectivity index (χ1v) is 5.45. The van der Waals surface area contributed by atoms with Gasteiger partial charge in [-0.1, -0.05) is 22.7 Å². The van der Waals surface area contributed by atoms with Gasteiger partial charge in [0.2, 0.25) is 0 Å². The number of nitrogens with zero attached hydrogens (tertiary/aromatic N) is 2. The summed E-state index contributed by atoms with van der Waals surface area (Å²) >= 11 is 0. The molecule has 92 valence electrons. The fourth-order valence-electron chi connectivity index (χ4n) is 2.19. The Morgan fingerprint density at radius 1 is 1.11 bits per heavy atom. The van der Waals surface area contributed by atoms with Gasteiger partial charge in [0.15, 0.2) is 0 Å². The van der Waals surface area contributed by atoms with Gasteiger partial charge < -0.3 is 0 Å². The maximum Gasteiger partial charge on any atom is 0.0870 e. The van der Waals surface area contributed by atoms with Crippen LogP contribution in [0.25, 0.3) is 22.2 Å². The highest BCUT2D eigenvalue weighted by Gasteiger charge is 2.15. The van der Waals surface area contributed by atoms with Crippen molar-refractivity contribution in [3.63, 3.8) is 0 Å². The lowest BCUT2D eigenvalue weighted by molar-refractivity contribution is 0.393. The maximum atomic E-state index is 14.3. The highest BCUT2D eigenvalue weighted by molar-refractivity contribution is 5.90. The third kappa shape index (κ3) is 1.77.